The summed E-state index contributed by atoms with van der Waals surface area (Å²) < 4.78 is 0. The van der Waals surface area contributed by atoms with E-state index in [4.69, 9.17) is 5.73 Å². The Labute approximate surface area is 89.5 Å². The van der Waals surface area contributed by atoms with E-state index in [1.54, 1.807) is 0 Å². The van der Waals surface area contributed by atoms with Gasteiger partial charge in [0.1, 0.15) is 0 Å². The molecule has 1 nitrogen and oxygen atoms in total. The zero-order chi connectivity index (χ0) is 10.8. The van der Waals surface area contributed by atoms with Gasteiger partial charge in [0, 0.05) is 0 Å². The highest BCUT2D eigenvalue weighted by Gasteiger charge is 2.36. The summed E-state index contributed by atoms with van der Waals surface area (Å²) in [6, 6.07) is 0. The molecule has 14 heavy (non-hydrogen) atoms. The van der Waals surface area contributed by atoms with Crippen molar-refractivity contribution in [1.29, 1.82) is 0 Å². The van der Waals surface area contributed by atoms with Gasteiger partial charge in [-0.3, -0.25) is 0 Å². The summed E-state index contributed by atoms with van der Waals surface area (Å²) in [5, 5.41) is 0. The Hall–Kier alpha value is -0.0400. The van der Waals surface area contributed by atoms with E-state index in [1.807, 2.05) is 0 Å². The van der Waals surface area contributed by atoms with Gasteiger partial charge in [-0.1, -0.05) is 27.7 Å². The average molecular weight is 197 g/mol. The second-order valence-corrected chi connectivity index (χ2v) is 6.20. The summed E-state index contributed by atoms with van der Waals surface area (Å²) in [5.41, 5.74) is 6.89. The van der Waals surface area contributed by atoms with Crippen LogP contribution in [-0.2, 0) is 0 Å². The van der Waals surface area contributed by atoms with E-state index in [1.165, 1.54) is 32.1 Å². The molecular formula is C13H27N. The molecule has 1 heteroatoms. The van der Waals surface area contributed by atoms with Crippen LogP contribution < -0.4 is 5.73 Å². The van der Waals surface area contributed by atoms with Crippen LogP contribution >= 0.6 is 0 Å². The van der Waals surface area contributed by atoms with Crippen LogP contribution in [-0.4, -0.2) is 6.54 Å². The fourth-order valence-electron chi connectivity index (χ4n) is 2.80. The van der Waals surface area contributed by atoms with Crippen molar-refractivity contribution in [3.63, 3.8) is 0 Å². The molecule has 1 rings (SSSR count). The Bertz CT molecular complexity index is 164. The van der Waals surface area contributed by atoms with E-state index in [-0.39, 0.29) is 0 Å². The number of nitrogens with two attached hydrogens (primary N) is 1. The molecule has 0 aliphatic heterocycles. The minimum Gasteiger partial charge on any atom is -0.330 e. The van der Waals surface area contributed by atoms with Crippen molar-refractivity contribution >= 4 is 0 Å². The van der Waals surface area contributed by atoms with Crippen molar-refractivity contribution in [3.05, 3.63) is 0 Å². The quantitative estimate of drug-likeness (QED) is 0.719. The van der Waals surface area contributed by atoms with Crippen molar-refractivity contribution in [1.82, 2.24) is 0 Å². The summed E-state index contributed by atoms with van der Waals surface area (Å²) in [5.74, 6) is 0.911. The molecule has 0 unspecified atom stereocenters. The molecule has 1 saturated carbocycles. The number of hydrogen-bond acceptors (Lipinski definition) is 1. The molecule has 0 heterocycles. The first-order valence-electron chi connectivity index (χ1n) is 6.13. The van der Waals surface area contributed by atoms with Gasteiger partial charge in [-0.25, -0.2) is 0 Å². The van der Waals surface area contributed by atoms with Gasteiger partial charge < -0.3 is 5.73 Å². The molecule has 0 saturated heterocycles. The lowest BCUT2D eigenvalue weighted by Gasteiger charge is -2.43. The van der Waals surface area contributed by atoms with Crippen LogP contribution in [0.1, 0.15) is 59.8 Å². The smallest absolute Gasteiger partial charge is 0.00206 e. The van der Waals surface area contributed by atoms with Gasteiger partial charge in [-0.15, -0.1) is 0 Å². The molecule has 0 amide bonds. The molecule has 2 N–H and O–H groups in total. The molecule has 0 spiro atoms. The Morgan fingerprint density at radius 2 is 1.71 bits per heavy atom. The molecule has 0 atom stereocenters. The third-order valence-corrected chi connectivity index (χ3v) is 4.45. The summed E-state index contributed by atoms with van der Waals surface area (Å²) in [4.78, 5) is 0. The first-order valence-corrected chi connectivity index (χ1v) is 6.13. The first-order chi connectivity index (χ1) is 6.43. The summed E-state index contributed by atoms with van der Waals surface area (Å²) in [6.45, 7) is 10.3. The van der Waals surface area contributed by atoms with E-state index in [0.717, 1.165) is 12.5 Å². The Kier molecular flexibility index (Phi) is 3.63. The molecule has 0 aromatic rings. The lowest BCUT2D eigenvalue weighted by atomic mass is 9.63. The third-order valence-electron chi connectivity index (χ3n) is 4.45. The maximum atomic E-state index is 5.90. The van der Waals surface area contributed by atoms with Crippen LogP contribution in [0, 0.1) is 16.7 Å². The molecule has 0 aromatic heterocycles. The van der Waals surface area contributed by atoms with Crippen molar-refractivity contribution in [3.8, 4) is 0 Å². The topological polar surface area (TPSA) is 26.0 Å². The summed E-state index contributed by atoms with van der Waals surface area (Å²) >= 11 is 0. The fraction of sp³-hybridized carbons (Fsp3) is 1.00. The van der Waals surface area contributed by atoms with Gasteiger partial charge in [-0.05, 0) is 55.4 Å². The monoisotopic (exact) mass is 197 g/mol. The lowest BCUT2D eigenvalue weighted by Crippen LogP contribution is -2.37. The maximum absolute atomic E-state index is 5.90. The third kappa shape index (κ3) is 2.50. The molecule has 0 radical (unpaired) electrons. The highest BCUT2D eigenvalue weighted by atomic mass is 14.6. The normalized spacial score (nSPS) is 34.5. The zero-order valence-corrected chi connectivity index (χ0v) is 10.4. The van der Waals surface area contributed by atoms with Crippen molar-refractivity contribution < 1.29 is 0 Å². The van der Waals surface area contributed by atoms with Crippen molar-refractivity contribution in [2.75, 3.05) is 6.54 Å². The van der Waals surface area contributed by atoms with Crippen LogP contribution in [0.2, 0.25) is 0 Å². The fourth-order valence-corrected chi connectivity index (χ4v) is 2.80. The maximum Gasteiger partial charge on any atom is -0.00206 e. The molecule has 84 valence electrons. The molecular weight excluding hydrogens is 170 g/mol. The predicted octanol–water partition coefficient (Wildman–Crippen LogP) is 3.58. The van der Waals surface area contributed by atoms with Crippen LogP contribution in [0.3, 0.4) is 0 Å². The Morgan fingerprint density at radius 3 is 2.00 bits per heavy atom. The first kappa shape index (κ1) is 12.0. The SMILES string of the molecule is CCC1(CN)CCC(C(C)(C)C)CC1. The highest BCUT2D eigenvalue weighted by Crippen LogP contribution is 2.46. The number of rotatable bonds is 2. The van der Waals surface area contributed by atoms with Gasteiger partial charge in [0.25, 0.3) is 0 Å². The second-order valence-electron chi connectivity index (χ2n) is 6.20. The van der Waals surface area contributed by atoms with Crippen LogP contribution in [0.4, 0.5) is 0 Å². The van der Waals surface area contributed by atoms with E-state index < -0.39 is 0 Å². The number of hydrogen-bond donors (Lipinski definition) is 1. The van der Waals surface area contributed by atoms with Gasteiger partial charge in [0.2, 0.25) is 0 Å². The van der Waals surface area contributed by atoms with Crippen LogP contribution in [0.25, 0.3) is 0 Å². The predicted molar refractivity (Wildman–Crippen MR) is 63.2 cm³/mol. The molecule has 0 aromatic carbocycles. The van der Waals surface area contributed by atoms with Crippen LogP contribution in [0.15, 0.2) is 0 Å². The van der Waals surface area contributed by atoms with Gasteiger partial charge >= 0.3 is 0 Å². The minimum absolute atomic E-state index is 0.488. The van der Waals surface area contributed by atoms with Gasteiger partial charge in [0.15, 0.2) is 0 Å². The van der Waals surface area contributed by atoms with E-state index in [9.17, 15) is 0 Å². The van der Waals surface area contributed by atoms with E-state index in [0.29, 0.717) is 10.8 Å². The largest absolute Gasteiger partial charge is 0.330 e. The van der Waals surface area contributed by atoms with Gasteiger partial charge in [0.05, 0.1) is 0 Å². The minimum atomic E-state index is 0.488. The van der Waals surface area contributed by atoms with Crippen molar-refractivity contribution in [2.24, 2.45) is 22.5 Å². The van der Waals surface area contributed by atoms with E-state index in [2.05, 4.69) is 27.7 Å². The summed E-state index contributed by atoms with van der Waals surface area (Å²) in [7, 11) is 0. The second kappa shape index (κ2) is 4.22. The van der Waals surface area contributed by atoms with Crippen molar-refractivity contribution in [2.45, 2.75) is 59.8 Å². The molecule has 1 aliphatic rings. The van der Waals surface area contributed by atoms with Crippen LogP contribution in [0.5, 0.6) is 0 Å². The standard InChI is InChI=1S/C13H27N/c1-5-13(10-14)8-6-11(7-9-13)12(2,3)4/h11H,5-10,14H2,1-4H3. The van der Waals surface area contributed by atoms with E-state index >= 15 is 0 Å². The molecule has 0 bridgehead atoms. The molecule has 1 aliphatic carbocycles. The summed E-state index contributed by atoms with van der Waals surface area (Å²) in [6.07, 6.45) is 6.73. The zero-order valence-electron chi connectivity index (χ0n) is 10.4. The highest BCUT2D eigenvalue weighted by molar-refractivity contribution is 4.88. The lowest BCUT2D eigenvalue weighted by molar-refractivity contribution is 0.0898. The van der Waals surface area contributed by atoms with Gasteiger partial charge in [-0.2, -0.15) is 0 Å². The Balaban J connectivity index is 2.53. The molecule has 1 fully saturated rings. The Morgan fingerprint density at radius 1 is 1.21 bits per heavy atom. The average Bonchev–Trinajstić information content (AvgIpc) is 2.16.